The lowest BCUT2D eigenvalue weighted by molar-refractivity contribution is -0.136. The Morgan fingerprint density at radius 2 is 1.41 bits per heavy atom. The van der Waals surface area contributed by atoms with Crippen LogP contribution in [-0.4, -0.2) is 41.9 Å². The zero-order valence-corrected chi connectivity index (χ0v) is 19.5. The van der Waals surface area contributed by atoms with Crippen LogP contribution in [0.2, 0.25) is 0 Å². The predicted molar refractivity (Wildman–Crippen MR) is 119 cm³/mol. The monoisotopic (exact) mass is 404 g/mol. The summed E-state index contributed by atoms with van der Waals surface area (Å²) in [6, 6.07) is 6.87. The van der Waals surface area contributed by atoms with Crippen LogP contribution in [0.3, 0.4) is 0 Å². The quantitative estimate of drug-likeness (QED) is 0.423. The molecule has 0 unspecified atom stereocenters. The zero-order valence-electron chi connectivity index (χ0n) is 19.5. The predicted octanol–water partition coefficient (Wildman–Crippen LogP) is 4.85. The van der Waals surface area contributed by atoms with E-state index in [-0.39, 0.29) is 36.6 Å². The van der Waals surface area contributed by atoms with E-state index in [2.05, 4.69) is 65.6 Å². The average Bonchev–Trinajstić information content (AvgIpc) is 2.62. The van der Waals surface area contributed by atoms with Gasteiger partial charge in [0.15, 0.2) is 0 Å². The number of carbonyl (C=O) groups excluding carboxylic acids is 2. The Bertz CT molecular complexity index is 632. The molecule has 164 valence electrons. The van der Waals surface area contributed by atoms with Gasteiger partial charge < -0.3 is 10.1 Å². The van der Waals surface area contributed by atoms with Crippen molar-refractivity contribution in [2.45, 2.75) is 92.2 Å². The highest BCUT2D eigenvalue weighted by Gasteiger charge is 2.19. The molecule has 0 saturated heterocycles. The Balaban J connectivity index is 2.59. The van der Waals surface area contributed by atoms with Gasteiger partial charge in [0.1, 0.15) is 5.75 Å². The van der Waals surface area contributed by atoms with Gasteiger partial charge in [0.2, 0.25) is 5.91 Å². The van der Waals surface area contributed by atoms with Crippen LogP contribution in [0.25, 0.3) is 0 Å². The first-order valence-electron chi connectivity index (χ1n) is 10.9. The first kappa shape index (κ1) is 25.2. The third-order valence-electron chi connectivity index (χ3n) is 5.11. The fourth-order valence-corrected chi connectivity index (χ4v) is 3.51. The maximum absolute atomic E-state index is 12.4. The number of nitrogens with zero attached hydrogens (tertiary/aromatic N) is 1. The molecule has 0 heterocycles. The van der Waals surface area contributed by atoms with E-state index in [9.17, 15) is 9.59 Å². The van der Waals surface area contributed by atoms with E-state index in [1.54, 1.807) is 0 Å². The highest BCUT2D eigenvalue weighted by molar-refractivity contribution is 5.82. The molecule has 1 aromatic rings. The summed E-state index contributed by atoms with van der Waals surface area (Å²) < 4.78 is 5.73. The molecule has 0 bridgehead atoms. The van der Waals surface area contributed by atoms with Gasteiger partial charge in [-0.3, -0.25) is 14.5 Å². The molecule has 0 aliphatic rings. The molecule has 0 aromatic heterocycles. The number of nitrogens with one attached hydrogen (secondary N) is 1. The van der Waals surface area contributed by atoms with Gasteiger partial charge in [0.25, 0.3) is 0 Å². The smallest absolute Gasteiger partial charge is 0.311 e. The summed E-state index contributed by atoms with van der Waals surface area (Å²) in [7, 11) is 0. The second-order valence-corrected chi connectivity index (χ2v) is 8.82. The molecule has 1 N–H and O–H groups in total. The van der Waals surface area contributed by atoms with Gasteiger partial charge in [-0.25, -0.2) is 0 Å². The van der Waals surface area contributed by atoms with Crippen LogP contribution in [0.4, 0.5) is 0 Å². The summed E-state index contributed by atoms with van der Waals surface area (Å²) in [6.45, 7) is 18.3. The van der Waals surface area contributed by atoms with Gasteiger partial charge in [0.05, 0.1) is 6.42 Å². The van der Waals surface area contributed by atoms with Gasteiger partial charge in [-0.05, 0) is 50.7 Å². The summed E-state index contributed by atoms with van der Waals surface area (Å²) in [5.74, 6) is 0.693. The minimum absolute atomic E-state index is 0.0773. The van der Waals surface area contributed by atoms with Crippen molar-refractivity contribution in [2.75, 3.05) is 13.1 Å². The van der Waals surface area contributed by atoms with Crippen LogP contribution < -0.4 is 10.1 Å². The SMILES string of the molecule is CC(C)c1cccc(C(C)C)c1OC(=O)CCC(=O)NCCN(C(C)C)C(C)C. The van der Waals surface area contributed by atoms with Crippen LogP contribution in [0.5, 0.6) is 5.75 Å². The summed E-state index contributed by atoms with van der Waals surface area (Å²) in [4.78, 5) is 26.9. The number of esters is 1. The lowest BCUT2D eigenvalue weighted by atomic mass is 9.94. The lowest BCUT2D eigenvalue weighted by Crippen LogP contribution is -2.42. The largest absolute Gasteiger partial charge is 0.426 e. The topological polar surface area (TPSA) is 58.6 Å². The summed E-state index contributed by atoms with van der Waals surface area (Å²) in [5.41, 5.74) is 2.05. The third-order valence-corrected chi connectivity index (χ3v) is 5.11. The molecule has 0 atom stereocenters. The molecular weight excluding hydrogens is 364 g/mol. The average molecular weight is 405 g/mol. The minimum Gasteiger partial charge on any atom is -0.426 e. The molecule has 29 heavy (non-hydrogen) atoms. The van der Waals surface area contributed by atoms with Gasteiger partial charge in [-0.15, -0.1) is 0 Å². The van der Waals surface area contributed by atoms with Crippen molar-refractivity contribution >= 4 is 11.9 Å². The Labute approximate surface area is 177 Å². The molecule has 5 nitrogen and oxygen atoms in total. The zero-order chi connectivity index (χ0) is 22.1. The molecule has 0 aliphatic heterocycles. The van der Waals surface area contributed by atoms with Crippen LogP contribution in [0.15, 0.2) is 18.2 Å². The summed E-state index contributed by atoms with van der Waals surface area (Å²) in [5, 5.41) is 2.91. The van der Waals surface area contributed by atoms with E-state index in [4.69, 9.17) is 4.74 Å². The number of rotatable bonds is 11. The molecule has 0 radical (unpaired) electrons. The number of amides is 1. The van der Waals surface area contributed by atoms with E-state index in [0.29, 0.717) is 24.4 Å². The second kappa shape index (κ2) is 12.0. The van der Waals surface area contributed by atoms with Crippen LogP contribution in [-0.2, 0) is 9.59 Å². The summed E-state index contributed by atoms with van der Waals surface area (Å²) >= 11 is 0. The van der Waals surface area contributed by atoms with Crippen molar-refractivity contribution < 1.29 is 14.3 Å². The van der Waals surface area contributed by atoms with Crippen LogP contribution in [0.1, 0.15) is 91.2 Å². The molecular formula is C24H40N2O3. The van der Waals surface area contributed by atoms with Crippen LogP contribution in [0, 0.1) is 0 Å². The highest BCUT2D eigenvalue weighted by Crippen LogP contribution is 2.34. The normalized spacial score (nSPS) is 11.8. The van der Waals surface area contributed by atoms with Gasteiger partial charge in [-0.1, -0.05) is 45.9 Å². The molecule has 0 aliphatic carbocycles. The van der Waals surface area contributed by atoms with Crippen molar-refractivity contribution in [1.82, 2.24) is 10.2 Å². The van der Waals surface area contributed by atoms with Gasteiger partial charge >= 0.3 is 5.97 Å². The number of hydrogen-bond acceptors (Lipinski definition) is 4. The van der Waals surface area contributed by atoms with E-state index in [1.807, 2.05) is 18.2 Å². The highest BCUT2D eigenvalue weighted by atomic mass is 16.5. The van der Waals surface area contributed by atoms with Crippen molar-refractivity contribution in [2.24, 2.45) is 0 Å². The van der Waals surface area contributed by atoms with Gasteiger partial charge in [-0.2, -0.15) is 0 Å². The standard InChI is InChI=1S/C24H40N2O3/c1-16(2)20-10-9-11-21(17(3)4)24(20)29-23(28)13-12-22(27)25-14-15-26(18(5)6)19(7)8/h9-11,16-19H,12-15H2,1-8H3,(H,25,27). The summed E-state index contributed by atoms with van der Waals surface area (Å²) in [6.07, 6.45) is 0.219. The molecule has 0 saturated carbocycles. The molecule has 1 amide bonds. The van der Waals surface area contributed by atoms with Crippen molar-refractivity contribution in [3.63, 3.8) is 0 Å². The van der Waals surface area contributed by atoms with E-state index < -0.39 is 0 Å². The number of ether oxygens (including phenoxy) is 1. The molecule has 1 rings (SSSR count). The van der Waals surface area contributed by atoms with Crippen molar-refractivity contribution in [1.29, 1.82) is 0 Å². The fourth-order valence-electron chi connectivity index (χ4n) is 3.51. The number of carbonyl (C=O) groups is 2. The molecule has 0 fully saturated rings. The number of hydrogen-bond donors (Lipinski definition) is 1. The maximum atomic E-state index is 12.4. The maximum Gasteiger partial charge on any atom is 0.311 e. The van der Waals surface area contributed by atoms with Crippen LogP contribution >= 0.6 is 0 Å². The minimum atomic E-state index is -0.360. The third kappa shape index (κ3) is 8.17. The Morgan fingerprint density at radius 3 is 1.86 bits per heavy atom. The first-order valence-corrected chi connectivity index (χ1v) is 10.9. The Hall–Kier alpha value is -1.88. The molecule has 5 heteroatoms. The second-order valence-electron chi connectivity index (χ2n) is 8.82. The number of benzene rings is 1. The first-order chi connectivity index (χ1) is 13.5. The Kier molecular flexibility index (Phi) is 10.4. The fraction of sp³-hybridized carbons (Fsp3) is 0.667. The molecule has 1 aromatic carbocycles. The van der Waals surface area contributed by atoms with E-state index in [1.165, 1.54) is 0 Å². The Morgan fingerprint density at radius 1 is 0.897 bits per heavy atom. The van der Waals surface area contributed by atoms with Crippen molar-refractivity contribution in [3.05, 3.63) is 29.3 Å². The van der Waals surface area contributed by atoms with E-state index >= 15 is 0 Å². The lowest BCUT2D eigenvalue weighted by Gasteiger charge is -2.30. The van der Waals surface area contributed by atoms with Crippen molar-refractivity contribution in [3.8, 4) is 5.75 Å². The molecule has 0 spiro atoms. The van der Waals surface area contributed by atoms with E-state index in [0.717, 1.165) is 17.7 Å². The number of para-hydroxylation sites is 1. The van der Waals surface area contributed by atoms with Gasteiger partial charge in [0, 0.05) is 31.6 Å².